The highest BCUT2D eigenvalue weighted by Gasteiger charge is 2.20. The SMILES string of the molecule is CNC(c1cccc(Br)c1)c1ccc(C(C)(C)C)s1. The Labute approximate surface area is 128 Å². The van der Waals surface area contributed by atoms with E-state index in [-0.39, 0.29) is 11.5 Å². The number of thiophene rings is 1. The molecule has 19 heavy (non-hydrogen) atoms. The monoisotopic (exact) mass is 337 g/mol. The van der Waals surface area contributed by atoms with Crippen molar-refractivity contribution in [2.24, 2.45) is 0 Å². The molecule has 0 radical (unpaired) electrons. The molecule has 0 fully saturated rings. The molecule has 0 amide bonds. The maximum Gasteiger partial charge on any atom is 0.0669 e. The Bertz CT molecular complexity index is 554. The summed E-state index contributed by atoms with van der Waals surface area (Å²) in [6, 6.07) is 13.3. The van der Waals surface area contributed by atoms with Crippen LogP contribution in [0.15, 0.2) is 40.9 Å². The lowest BCUT2D eigenvalue weighted by Crippen LogP contribution is -2.16. The van der Waals surface area contributed by atoms with Crippen molar-refractivity contribution in [3.8, 4) is 0 Å². The first-order valence-electron chi connectivity index (χ1n) is 6.45. The molecule has 1 atom stereocenters. The zero-order chi connectivity index (χ0) is 14.0. The molecule has 1 unspecified atom stereocenters. The summed E-state index contributed by atoms with van der Waals surface area (Å²) in [5.41, 5.74) is 1.51. The van der Waals surface area contributed by atoms with Gasteiger partial charge in [-0.1, -0.05) is 48.8 Å². The predicted molar refractivity (Wildman–Crippen MR) is 88.1 cm³/mol. The predicted octanol–water partition coefficient (Wildman–Crippen LogP) is 5.12. The second kappa shape index (κ2) is 5.78. The summed E-state index contributed by atoms with van der Waals surface area (Å²) in [5, 5.41) is 3.42. The molecule has 1 aromatic carbocycles. The van der Waals surface area contributed by atoms with Crippen molar-refractivity contribution in [1.82, 2.24) is 5.32 Å². The van der Waals surface area contributed by atoms with Gasteiger partial charge in [-0.15, -0.1) is 11.3 Å². The van der Waals surface area contributed by atoms with E-state index in [1.165, 1.54) is 15.3 Å². The molecule has 1 aromatic heterocycles. The van der Waals surface area contributed by atoms with Crippen LogP contribution in [0.3, 0.4) is 0 Å². The molecular weight excluding hydrogens is 318 g/mol. The fourth-order valence-corrected chi connectivity index (χ4v) is 3.69. The van der Waals surface area contributed by atoms with Gasteiger partial charge in [-0.2, -0.15) is 0 Å². The van der Waals surface area contributed by atoms with Gasteiger partial charge >= 0.3 is 0 Å². The van der Waals surface area contributed by atoms with Crippen LogP contribution in [0.5, 0.6) is 0 Å². The lowest BCUT2D eigenvalue weighted by atomic mass is 9.95. The molecule has 0 aliphatic rings. The van der Waals surface area contributed by atoms with E-state index in [9.17, 15) is 0 Å². The third-order valence-electron chi connectivity index (χ3n) is 3.12. The number of hydrogen-bond acceptors (Lipinski definition) is 2. The van der Waals surface area contributed by atoms with Crippen LogP contribution in [-0.4, -0.2) is 7.05 Å². The highest BCUT2D eigenvalue weighted by molar-refractivity contribution is 9.10. The molecule has 0 saturated carbocycles. The summed E-state index contributed by atoms with van der Waals surface area (Å²) in [7, 11) is 2.02. The van der Waals surface area contributed by atoms with Gasteiger partial charge in [0, 0.05) is 14.2 Å². The highest BCUT2D eigenvalue weighted by atomic mass is 79.9. The quantitative estimate of drug-likeness (QED) is 0.819. The van der Waals surface area contributed by atoms with Crippen LogP contribution in [0.1, 0.15) is 42.1 Å². The third kappa shape index (κ3) is 3.47. The molecule has 3 heteroatoms. The fraction of sp³-hybridized carbons (Fsp3) is 0.375. The summed E-state index contributed by atoms with van der Waals surface area (Å²) in [6.45, 7) is 6.78. The molecule has 2 rings (SSSR count). The Kier molecular flexibility index (Phi) is 4.49. The molecule has 102 valence electrons. The van der Waals surface area contributed by atoms with Crippen molar-refractivity contribution in [3.63, 3.8) is 0 Å². The Balaban J connectivity index is 2.35. The lowest BCUT2D eigenvalue weighted by molar-refractivity contribution is 0.604. The lowest BCUT2D eigenvalue weighted by Gasteiger charge is -2.17. The van der Waals surface area contributed by atoms with E-state index in [0.717, 1.165) is 4.47 Å². The minimum absolute atomic E-state index is 0.221. The topological polar surface area (TPSA) is 12.0 Å². The van der Waals surface area contributed by atoms with Gasteiger partial charge in [-0.25, -0.2) is 0 Å². The number of rotatable bonds is 3. The van der Waals surface area contributed by atoms with E-state index in [1.54, 1.807) is 0 Å². The molecule has 1 N–H and O–H groups in total. The summed E-state index contributed by atoms with van der Waals surface area (Å²) in [5.74, 6) is 0. The van der Waals surface area contributed by atoms with Crippen LogP contribution in [0.25, 0.3) is 0 Å². The van der Waals surface area contributed by atoms with Gasteiger partial charge in [0.05, 0.1) is 6.04 Å². The van der Waals surface area contributed by atoms with Crippen molar-refractivity contribution in [2.45, 2.75) is 32.2 Å². The Morgan fingerprint density at radius 2 is 1.89 bits per heavy atom. The molecule has 0 aliphatic heterocycles. The maximum absolute atomic E-state index is 3.54. The number of benzene rings is 1. The van der Waals surface area contributed by atoms with E-state index in [1.807, 2.05) is 18.4 Å². The van der Waals surface area contributed by atoms with Gasteiger partial charge < -0.3 is 5.32 Å². The van der Waals surface area contributed by atoms with Crippen LogP contribution in [0, 0.1) is 0 Å². The summed E-state index contributed by atoms with van der Waals surface area (Å²) >= 11 is 5.44. The summed E-state index contributed by atoms with van der Waals surface area (Å²) in [6.07, 6.45) is 0. The van der Waals surface area contributed by atoms with Gasteiger partial charge in [0.25, 0.3) is 0 Å². The Morgan fingerprint density at radius 3 is 2.42 bits per heavy atom. The number of nitrogens with one attached hydrogen (secondary N) is 1. The Morgan fingerprint density at radius 1 is 1.16 bits per heavy atom. The zero-order valence-electron chi connectivity index (χ0n) is 11.8. The van der Waals surface area contributed by atoms with E-state index in [0.29, 0.717) is 0 Å². The average molecular weight is 338 g/mol. The van der Waals surface area contributed by atoms with Crippen LogP contribution in [0.2, 0.25) is 0 Å². The van der Waals surface area contributed by atoms with Gasteiger partial charge in [-0.3, -0.25) is 0 Å². The van der Waals surface area contributed by atoms with Crippen molar-refractivity contribution in [1.29, 1.82) is 0 Å². The molecule has 2 aromatic rings. The van der Waals surface area contributed by atoms with Gasteiger partial charge in [-0.05, 0) is 42.3 Å². The van der Waals surface area contributed by atoms with Gasteiger partial charge in [0.15, 0.2) is 0 Å². The van der Waals surface area contributed by atoms with Crippen LogP contribution < -0.4 is 5.32 Å². The molecule has 1 heterocycles. The normalized spacial score (nSPS) is 13.5. The molecule has 0 spiro atoms. The number of hydrogen-bond donors (Lipinski definition) is 1. The summed E-state index contributed by atoms with van der Waals surface area (Å²) < 4.78 is 1.12. The van der Waals surface area contributed by atoms with E-state index < -0.39 is 0 Å². The minimum atomic E-state index is 0.221. The molecule has 0 saturated heterocycles. The molecule has 1 nitrogen and oxygen atoms in total. The largest absolute Gasteiger partial charge is 0.309 e. The van der Waals surface area contributed by atoms with E-state index in [4.69, 9.17) is 0 Å². The van der Waals surface area contributed by atoms with E-state index >= 15 is 0 Å². The zero-order valence-corrected chi connectivity index (χ0v) is 14.2. The maximum atomic E-state index is 3.54. The second-order valence-electron chi connectivity index (χ2n) is 5.73. The molecule has 0 aliphatic carbocycles. The second-order valence-corrected chi connectivity index (χ2v) is 7.76. The molecule has 0 bridgehead atoms. The average Bonchev–Trinajstić information content (AvgIpc) is 2.79. The minimum Gasteiger partial charge on any atom is -0.309 e. The van der Waals surface area contributed by atoms with Crippen molar-refractivity contribution in [3.05, 3.63) is 56.2 Å². The number of halogens is 1. The Hall–Kier alpha value is -0.640. The first-order valence-corrected chi connectivity index (χ1v) is 8.05. The highest BCUT2D eigenvalue weighted by Crippen LogP contribution is 2.34. The van der Waals surface area contributed by atoms with Crippen LogP contribution in [-0.2, 0) is 5.41 Å². The third-order valence-corrected chi connectivity index (χ3v) is 5.19. The van der Waals surface area contributed by atoms with Gasteiger partial charge in [0.1, 0.15) is 0 Å². The van der Waals surface area contributed by atoms with E-state index in [2.05, 4.69) is 78.4 Å². The standard InChI is InChI=1S/C16H20BrNS/c1-16(2,3)14-9-8-13(19-14)15(18-4)11-6-5-7-12(17)10-11/h5-10,15,18H,1-4H3. The van der Waals surface area contributed by atoms with Crippen molar-refractivity contribution in [2.75, 3.05) is 7.05 Å². The molecular formula is C16H20BrNS. The smallest absolute Gasteiger partial charge is 0.0669 e. The van der Waals surface area contributed by atoms with Crippen molar-refractivity contribution >= 4 is 27.3 Å². The van der Waals surface area contributed by atoms with Crippen LogP contribution in [0.4, 0.5) is 0 Å². The first kappa shape index (κ1) is 14.8. The van der Waals surface area contributed by atoms with Crippen LogP contribution >= 0.6 is 27.3 Å². The first-order chi connectivity index (χ1) is 8.91. The van der Waals surface area contributed by atoms with Gasteiger partial charge in [0.2, 0.25) is 0 Å². The van der Waals surface area contributed by atoms with Crippen molar-refractivity contribution < 1.29 is 0 Å². The fourth-order valence-electron chi connectivity index (χ4n) is 2.07. The summed E-state index contributed by atoms with van der Waals surface area (Å²) in [4.78, 5) is 2.79.